The Morgan fingerprint density at radius 2 is 2.46 bits per heavy atom. The highest BCUT2D eigenvalue weighted by Crippen LogP contribution is 2.24. The SMILES string of the molecule is Cc1noc(-c2cc(C#N)cs2)n1. The first-order chi connectivity index (χ1) is 6.29. The zero-order chi connectivity index (χ0) is 9.26. The largest absolute Gasteiger partial charge is 0.333 e. The highest BCUT2D eigenvalue weighted by molar-refractivity contribution is 7.13. The van der Waals surface area contributed by atoms with E-state index in [1.54, 1.807) is 18.4 Å². The van der Waals surface area contributed by atoms with Gasteiger partial charge in [-0.3, -0.25) is 0 Å². The molecule has 0 N–H and O–H groups in total. The third-order valence-electron chi connectivity index (χ3n) is 1.47. The molecule has 0 spiro atoms. The normalized spacial score (nSPS) is 9.85. The summed E-state index contributed by atoms with van der Waals surface area (Å²) < 4.78 is 4.95. The molecule has 0 aliphatic heterocycles. The van der Waals surface area contributed by atoms with Crippen LogP contribution in [0.25, 0.3) is 10.8 Å². The summed E-state index contributed by atoms with van der Waals surface area (Å²) in [5, 5.41) is 14.0. The van der Waals surface area contributed by atoms with Crippen LogP contribution in [0.5, 0.6) is 0 Å². The van der Waals surface area contributed by atoms with Gasteiger partial charge in [-0.1, -0.05) is 5.16 Å². The van der Waals surface area contributed by atoms with Crippen LogP contribution in [0.2, 0.25) is 0 Å². The number of aryl methyl sites for hydroxylation is 1. The average Bonchev–Trinajstić information content (AvgIpc) is 2.71. The summed E-state index contributed by atoms with van der Waals surface area (Å²) in [6.07, 6.45) is 0. The van der Waals surface area contributed by atoms with Crippen molar-refractivity contribution >= 4 is 11.3 Å². The van der Waals surface area contributed by atoms with E-state index >= 15 is 0 Å². The van der Waals surface area contributed by atoms with Crippen molar-refractivity contribution in [1.29, 1.82) is 5.26 Å². The summed E-state index contributed by atoms with van der Waals surface area (Å²) in [4.78, 5) is 4.88. The van der Waals surface area contributed by atoms with Crippen molar-refractivity contribution in [1.82, 2.24) is 10.1 Å². The molecule has 0 radical (unpaired) electrons. The first-order valence-corrected chi connectivity index (χ1v) is 4.47. The second kappa shape index (κ2) is 2.99. The summed E-state index contributed by atoms with van der Waals surface area (Å²) in [5.74, 6) is 1.07. The Labute approximate surface area is 78.4 Å². The smallest absolute Gasteiger partial charge is 0.268 e. The van der Waals surface area contributed by atoms with Crippen LogP contribution >= 0.6 is 11.3 Å². The Hall–Kier alpha value is -1.67. The molecule has 0 aromatic carbocycles. The van der Waals surface area contributed by atoms with Gasteiger partial charge in [-0.15, -0.1) is 11.3 Å². The second-order valence-electron chi connectivity index (χ2n) is 2.46. The van der Waals surface area contributed by atoms with E-state index in [4.69, 9.17) is 9.78 Å². The number of rotatable bonds is 1. The van der Waals surface area contributed by atoms with Gasteiger partial charge in [0.05, 0.1) is 10.4 Å². The summed E-state index contributed by atoms with van der Waals surface area (Å²) in [7, 11) is 0. The molecule has 0 saturated carbocycles. The molecule has 5 heteroatoms. The molecule has 0 aliphatic carbocycles. The fourth-order valence-corrected chi connectivity index (χ4v) is 1.66. The lowest BCUT2D eigenvalue weighted by molar-refractivity contribution is 0.426. The van der Waals surface area contributed by atoms with E-state index in [1.165, 1.54) is 11.3 Å². The van der Waals surface area contributed by atoms with Crippen LogP contribution in [0.3, 0.4) is 0 Å². The van der Waals surface area contributed by atoms with Crippen LogP contribution in [-0.2, 0) is 0 Å². The molecule has 2 aromatic rings. The molecule has 13 heavy (non-hydrogen) atoms. The number of hydrogen-bond donors (Lipinski definition) is 0. The Morgan fingerprint density at radius 3 is 3.00 bits per heavy atom. The minimum Gasteiger partial charge on any atom is -0.333 e. The maximum Gasteiger partial charge on any atom is 0.268 e. The van der Waals surface area contributed by atoms with E-state index in [0.29, 0.717) is 17.3 Å². The van der Waals surface area contributed by atoms with Crippen LogP contribution in [0, 0.1) is 18.3 Å². The second-order valence-corrected chi connectivity index (χ2v) is 3.37. The fraction of sp³-hybridized carbons (Fsp3) is 0.125. The molecule has 64 valence electrons. The van der Waals surface area contributed by atoms with Crippen molar-refractivity contribution in [3.8, 4) is 16.8 Å². The number of thiophene rings is 1. The topological polar surface area (TPSA) is 62.7 Å². The van der Waals surface area contributed by atoms with Gasteiger partial charge in [-0.05, 0) is 13.0 Å². The van der Waals surface area contributed by atoms with Gasteiger partial charge in [0.15, 0.2) is 5.82 Å². The van der Waals surface area contributed by atoms with Gasteiger partial charge in [0.1, 0.15) is 6.07 Å². The maximum absolute atomic E-state index is 8.59. The van der Waals surface area contributed by atoms with Crippen LogP contribution in [-0.4, -0.2) is 10.1 Å². The molecular formula is C8H5N3OS. The first-order valence-electron chi connectivity index (χ1n) is 3.59. The van der Waals surface area contributed by atoms with Crippen LogP contribution < -0.4 is 0 Å². The van der Waals surface area contributed by atoms with E-state index in [1.807, 2.05) is 6.07 Å². The minimum absolute atomic E-state index is 0.476. The van der Waals surface area contributed by atoms with E-state index in [-0.39, 0.29) is 0 Å². The van der Waals surface area contributed by atoms with Gasteiger partial charge in [-0.25, -0.2) is 0 Å². The van der Waals surface area contributed by atoms with E-state index in [2.05, 4.69) is 10.1 Å². The predicted molar refractivity (Wildman–Crippen MR) is 47.1 cm³/mol. The van der Waals surface area contributed by atoms with E-state index in [0.717, 1.165) is 4.88 Å². The molecule has 2 aromatic heterocycles. The summed E-state index contributed by atoms with van der Waals surface area (Å²) >= 11 is 1.42. The van der Waals surface area contributed by atoms with Crippen LogP contribution in [0.15, 0.2) is 16.0 Å². The third-order valence-corrected chi connectivity index (χ3v) is 2.39. The standard InChI is InChI=1S/C8H5N3OS/c1-5-10-8(12-11-5)7-2-6(3-9)4-13-7/h2,4H,1H3. The van der Waals surface area contributed by atoms with Gasteiger partial charge >= 0.3 is 0 Å². The molecule has 2 heterocycles. The Balaban J connectivity index is 2.42. The monoisotopic (exact) mass is 191 g/mol. The number of nitriles is 1. The van der Waals surface area contributed by atoms with Crippen LogP contribution in [0.1, 0.15) is 11.4 Å². The average molecular weight is 191 g/mol. The molecule has 2 rings (SSSR count). The molecule has 0 atom stereocenters. The quantitative estimate of drug-likeness (QED) is 0.691. The minimum atomic E-state index is 0.476. The van der Waals surface area contributed by atoms with Gasteiger partial charge in [0, 0.05) is 5.38 Å². The number of nitrogens with zero attached hydrogens (tertiary/aromatic N) is 3. The van der Waals surface area contributed by atoms with Gasteiger partial charge in [0.25, 0.3) is 5.89 Å². The molecule has 0 saturated heterocycles. The molecule has 0 amide bonds. The molecular weight excluding hydrogens is 186 g/mol. The highest BCUT2D eigenvalue weighted by Gasteiger charge is 2.08. The molecule has 0 aliphatic rings. The molecule has 0 bridgehead atoms. The highest BCUT2D eigenvalue weighted by atomic mass is 32.1. The summed E-state index contributed by atoms with van der Waals surface area (Å²) in [5.41, 5.74) is 0.621. The molecule has 0 unspecified atom stereocenters. The zero-order valence-corrected chi connectivity index (χ0v) is 7.63. The summed E-state index contributed by atoms with van der Waals surface area (Å²) in [6.45, 7) is 1.76. The van der Waals surface area contributed by atoms with Crippen molar-refractivity contribution in [3.05, 3.63) is 22.8 Å². The molecule has 0 fully saturated rings. The van der Waals surface area contributed by atoms with Gasteiger partial charge in [-0.2, -0.15) is 10.2 Å². The Kier molecular flexibility index (Phi) is 1.83. The van der Waals surface area contributed by atoms with E-state index in [9.17, 15) is 0 Å². The van der Waals surface area contributed by atoms with Gasteiger partial charge in [0.2, 0.25) is 0 Å². The van der Waals surface area contributed by atoms with Crippen molar-refractivity contribution in [2.24, 2.45) is 0 Å². The van der Waals surface area contributed by atoms with Crippen molar-refractivity contribution < 1.29 is 4.52 Å². The van der Waals surface area contributed by atoms with Crippen LogP contribution in [0.4, 0.5) is 0 Å². The first kappa shape index (κ1) is 7.95. The number of aromatic nitrogens is 2. The zero-order valence-electron chi connectivity index (χ0n) is 6.81. The Morgan fingerprint density at radius 1 is 1.62 bits per heavy atom. The van der Waals surface area contributed by atoms with Crippen molar-refractivity contribution in [3.63, 3.8) is 0 Å². The Bertz CT molecular complexity index is 466. The van der Waals surface area contributed by atoms with Gasteiger partial charge < -0.3 is 4.52 Å². The van der Waals surface area contributed by atoms with E-state index < -0.39 is 0 Å². The van der Waals surface area contributed by atoms with Crippen molar-refractivity contribution in [2.45, 2.75) is 6.92 Å². The summed E-state index contributed by atoms with van der Waals surface area (Å²) in [6, 6.07) is 3.78. The lowest BCUT2D eigenvalue weighted by Crippen LogP contribution is -1.72. The third kappa shape index (κ3) is 1.44. The predicted octanol–water partition coefficient (Wildman–Crippen LogP) is 1.98. The molecule has 4 nitrogen and oxygen atoms in total. The number of hydrogen-bond acceptors (Lipinski definition) is 5. The lowest BCUT2D eigenvalue weighted by Gasteiger charge is -1.81. The lowest BCUT2D eigenvalue weighted by atomic mass is 10.3. The van der Waals surface area contributed by atoms with Crippen molar-refractivity contribution in [2.75, 3.05) is 0 Å². The fourth-order valence-electron chi connectivity index (χ4n) is 0.904. The maximum atomic E-state index is 8.59.